The SMILES string of the molecule is Cc1ccc(OCc2n[nH]c(=S)n2/N=C\c2c(F)cccc2Cl)c(C)c1. The van der Waals surface area contributed by atoms with Crippen molar-refractivity contribution >= 4 is 30.0 Å². The van der Waals surface area contributed by atoms with Crippen LogP contribution in [0.1, 0.15) is 22.5 Å². The third kappa shape index (κ3) is 4.00. The largest absolute Gasteiger partial charge is 0.485 e. The molecule has 0 saturated heterocycles. The topological polar surface area (TPSA) is 55.2 Å². The van der Waals surface area contributed by atoms with Crippen molar-refractivity contribution in [2.75, 3.05) is 0 Å². The summed E-state index contributed by atoms with van der Waals surface area (Å²) >= 11 is 11.2. The molecule has 26 heavy (non-hydrogen) atoms. The molecule has 3 aromatic rings. The van der Waals surface area contributed by atoms with Crippen molar-refractivity contribution in [3.05, 3.63) is 74.5 Å². The monoisotopic (exact) mass is 390 g/mol. The number of H-pyrrole nitrogens is 1. The Balaban J connectivity index is 1.83. The van der Waals surface area contributed by atoms with Crippen molar-refractivity contribution in [3.8, 4) is 5.75 Å². The first kappa shape index (κ1) is 18.3. The van der Waals surface area contributed by atoms with Crippen LogP contribution in [0, 0.1) is 24.4 Å². The average Bonchev–Trinajstić information content (AvgIpc) is 2.94. The molecular formula is C18H16ClFN4OS. The van der Waals surface area contributed by atoms with E-state index in [-0.39, 0.29) is 22.0 Å². The van der Waals surface area contributed by atoms with E-state index < -0.39 is 5.82 Å². The number of benzene rings is 2. The van der Waals surface area contributed by atoms with E-state index in [1.165, 1.54) is 23.0 Å². The lowest BCUT2D eigenvalue weighted by Crippen LogP contribution is -2.05. The predicted octanol–water partition coefficient (Wildman–Crippen LogP) is 4.81. The van der Waals surface area contributed by atoms with E-state index in [9.17, 15) is 4.39 Å². The average molecular weight is 391 g/mol. The summed E-state index contributed by atoms with van der Waals surface area (Å²) in [5.74, 6) is 0.736. The lowest BCUT2D eigenvalue weighted by Gasteiger charge is -2.09. The quantitative estimate of drug-likeness (QED) is 0.502. The van der Waals surface area contributed by atoms with E-state index in [4.69, 9.17) is 28.6 Å². The molecule has 8 heteroatoms. The fraction of sp³-hybridized carbons (Fsp3) is 0.167. The highest BCUT2D eigenvalue weighted by Gasteiger charge is 2.09. The lowest BCUT2D eigenvalue weighted by molar-refractivity contribution is 0.288. The van der Waals surface area contributed by atoms with E-state index in [1.807, 2.05) is 32.0 Å². The summed E-state index contributed by atoms with van der Waals surface area (Å²) in [5.41, 5.74) is 2.36. The summed E-state index contributed by atoms with van der Waals surface area (Å²) in [6.45, 7) is 4.14. The van der Waals surface area contributed by atoms with Crippen molar-refractivity contribution in [3.63, 3.8) is 0 Å². The highest BCUT2D eigenvalue weighted by Crippen LogP contribution is 2.20. The molecule has 1 N–H and O–H groups in total. The molecule has 0 radical (unpaired) electrons. The molecule has 0 aliphatic heterocycles. The van der Waals surface area contributed by atoms with Gasteiger partial charge < -0.3 is 4.74 Å². The van der Waals surface area contributed by atoms with Crippen LogP contribution in [0.15, 0.2) is 41.5 Å². The van der Waals surface area contributed by atoms with Crippen molar-refractivity contribution < 1.29 is 9.13 Å². The van der Waals surface area contributed by atoms with Gasteiger partial charge in [-0.15, -0.1) is 0 Å². The molecule has 0 amide bonds. The fourth-order valence-electron chi connectivity index (χ4n) is 2.39. The highest BCUT2D eigenvalue weighted by atomic mass is 35.5. The summed E-state index contributed by atoms with van der Waals surface area (Å²) < 4.78 is 21.3. The van der Waals surface area contributed by atoms with E-state index in [0.29, 0.717) is 5.82 Å². The molecule has 134 valence electrons. The molecule has 0 fully saturated rings. The van der Waals surface area contributed by atoms with Crippen molar-refractivity contribution in [1.29, 1.82) is 0 Å². The molecule has 0 saturated carbocycles. The minimum atomic E-state index is -0.468. The van der Waals surface area contributed by atoms with Gasteiger partial charge in [-0.2, -0.15) is 14.9 Å². The molecule has 5 nitrogen and oxygen atoms in total. The minimum Gasteiger partial charge on any atom is -0.485 e. The number of nitrogens with one attached hydrogen (secondary N) is 1. The molecule has 3 rings (SSSR count). The third-order valence-electron chi connectivity index (χ3n) is 3.71. The molecule has 2 aromatic carbocycles. The predicted molar refractivity (Wildman–Crippen MR) is 102 cm³/mol. The second-order valence-corrected chi connectivity index (χ2v) is 6.49. The van der Waals surface area contributed by atoms with Gasteiger partial charge in [0.25, 0.3) is 0 Å². The zero-order valence-electron chi connectivity index (χ0n) is 14.2. The maximum Gasteiger partial charge on any atom is 0.216 e. The lowest BCUT2D eigenvalue weighted by atomic mass is 10.1. The first-order chi connectivity index (χ1) is 12.5. The first-order valence-electron chi connectivity index (χ1n) is 7.80. The molecule has 0 unspecified atom stereocenters. The van der Waals surface area contributed by atoms with Crippen LogP contribution < -0.4 is 4.74 Å². The van der Waals surface area contributed by atoms with E-state index >= 15 is 0 Å². The van der Waals surface area contributed by atoms with Crippen LogP contribution in [0.3, 0.4) is 0 Å². The summed E-state index contributed by atoms with van der Waals surface area (Å²) in [5, 5.41) is 11.2. The van der Waals surface area contributed by atoms with Crippen LogP contribution >= 0.6 is 23.8 Å². The van der Waals surface area contributed by atoms with Crippen LogP contribution in [0.5, 0.6) is 5.75 Å². The van der Waals surface area contributed by atoms with Gasteiger partial charge in [-0.05, 0) is 49.8 Å². The van der Waals surface area contributed by atoms with Crippen molar-refractivity contribution in [2.45, 2.75) is 20.5 Å². The number of aromatic nitrogens is 3. The number of ether oxygens (including phenoxy) is 1. The molecule has 0 atom stereocenters. The van der Waals surface area contributed by atoms with Crippen LogP contribution in [0.2, 0.25) is 5.02 Å². The van der Waals surface area contributed by atoms with E-state index in [0.717, 1.165) is 16.9 Å². The number of aryl methyl sites for hydroxylation is 2. The van der Waals surface area contributed by atoms with Gasteiger partial charge in [0.2, 0.25) is 4.77 Å². The van der Waals surface area contributed by atoms with Gasteiger partial charge in [-0.25, -0.2) is 9.49 Å². The molecule has 1 heterocycles. The Labute approximate surface area is 160 Å². The zero-order chi connectivity index (χ0) is 18.7. The second kappa shape index (κ2) is 7.80. The molecular weight excluding hydrogens is 375 g/mol. The minimum absolute atomic E-state index is 0.152. The molecule has 0 aliphatic rings. The number of aromatic amines is 1. The smallest absolute Gasteiger partial charge is 0.216 e. The van der Waals surface area contributed by atoms with Crippen molar-refractivity contribution in [2.24, 2.45) is 5.10 Å². The van der Waals surface area contributed by atoms with E-state index in [1.54, 1.807) is 6.07 Å². The summed E-state index contributed by atoms with van der Waals surface area (Å²) in [7, 11) is 0. The maximum atomic E-state index is 13.9. The Kier molecular flexibility index (Phi) is 5.49. The molecule has 0 aliphatic carbocycles. The summed E-state index contributed by atoms with van der Waals surface area (Å²) in [4.78, 5) is 0. The number of nitrogens with zero attached hydrogens (tertiary/aromatic N) is 3. The summed E-state index contributed by atoms with van der Waals surface area (Å²) in [6.07, 6.45) is 1.31. The summed E-state index contributed by atoms with van der Waals surface area (Å²) in [6, 6.07) is 10.3. The van der Waals surface area contributed by atoms with Gasteiger partial charge in [0.15, 0.2) is 5.82 Å². The highest BCUT2D eigenvalue weighted by molar-refractivity contribution is 7.71. The van der Waals surface area contributed by atoms with Gasteiger partial charge in [0, 0.05) is 5.56 Å². The van der Waals surface area contributed by atoms with Gasteiger partial charge in [-0.3, -0.25) is 0 Å². The second-order valence-electron chi connectivity index (χ2n) is 5.69. The van der Waals surface area contributed by atoms with Gasteiger partial charge in [-0.1, -0.05) is 35.4 Å². The Bertz CT molecular complexity index is 1010. The molecule has 0 bridgehead atoms. The maximum absolute atomic E-state index is 13.9. The van der Waals surface area contributed by atoms with Crippen LogP contribution in [0.4, 0.5) is 4.39 Å². The third-order valence-corrected chi connectivity index (χ3v) is 4.30. The molecule has 0 spiro atoms. The Morgan fingerprint density at radius 1 is 1.35 bits per heavy atom. The van der Waals surface area contributed by atoms with Gasteiger partial charge in [0.1, 0.15) is 18.2 Å². The molecule has 1 aromatic heterocycles. The van der Waals surface area contributed by atoms with Gasteiger partial charge in [0.05, 0.1) is 11.2 Å². The number of hydrogen-bond donors (Lipinski definition) is 1. The Morgan fingerprint density at radius 3 is 2.88 bits per heavy atom. The van der Waals surface area contributed by atoms with Gasteiger partial charge >= 0.3 is 0 Å². The standard InChI is InChI=1S/C18H16ClFN4OS/c1-11-6-7-16(12(2)8-11)25-10-17-22-23-18(26)24(17)21-9-13-14(19)4-3-5-15(13)20/h3-9H,10H2,1-2H3,(H,23,26)/b21-9-. The van der Waals surface area contributed by atoms with Crippen molar-refractivity contribution in [1.82, 2.24) is 14.9 Å². The fourth-order valence-corrected chi connectivity index (χ4v) is 2.80. The zero-order valence-corrected chi connectivity index (χ0v) is 15.7. The Hall–Kier alpha value is -2.51. The normalized spacial score (nSPS) is 11.2. The van der Waals surface area contributed by atoms with Crippen LogP contribution in [0.25, 0.3) is 0 Å². The van der Waals surface area contributed by atoms with Crippen LogP contribution in [-0.4, -0.2) is 21.1 Å². The van der Waals surface area contributed by atoms with Crippen LogP contribution in [-0.2, 0) is 6.61 Å². The number of hydrogen-bond acceptors (Lipinski definition) is 4. The Morgan fingerprint density at radius 2 is 2.15 bits per heavy atom. The number of rotatable bonds is 5. The van der Waals surface area contributed by atoms with E-state index in [2.05, 4.69) is 15.3 Å². The number of halogens is 2. The first-order valence-corrected chi connectivity index (χ1v) is 8.59.